The first-order valence-electron chi connectivity index (χ1n) is 4.36. The highest BCUT2D eigenvalue weighted by molar-refractivity contribution is 5.82. The van der Waals surface area contributed by atoms with Crippen LogP contribution in [0.1, 0.15) is 13.3 Å². The van der Waals surface area contributed by atoms with Crippen LogP contribution in [-0.4, -0.2) is 42.1 Å². The lowest BCUT2D eigenvalue weighted by Crippen LogP contribution is -2.48. The summed E-state index contributed by atoms with van der Waals surface area (Å²) in [5, 5.41) is 0. The summed E-state index contributed by atoms with van der Waals surface area (Å²) in [5.41, 5.74) is 5.52. The van der Waals surface area contributed by atoms with Gasteiger partial charge in [-0.05, 0) is 13.3 Å². The van der Waals surface area contributed by atoms with E-state index in [0.717, 1.165) is 13.0 Å². The van der Waals surface area contributed by atoms with Gasteiger partial charge in [0.2, 0.25) is 5.91 Å². The van der Waals surface area contributed by atoms with Gasteiger partial charge in [-0.15, -0.1) is 0 Å². The van der Waals surface area contributed by atoms with Gasteiger partial charge in [-0.25, -0.2) is 0 Å². The number of nitrogens with zero attached hydrogens (tertiary/aromatic N) is 1. The van der Waals surface area contributed by atoms with Gasteiger partial charge in [-0.1, -0.05) is 0 Å². The molecule has 0 aromatic heterocycles. The molecule has 0 unspecified atom stereocenters. The second-order valence-electron chi connectivity index (χ2n) is 3.62. The van der Waals surface area contributed by atoms with E-state index in [0.29, 0.717) is 12.6 Å². The molecule has 2 N–H and O–H groups in total. The second kappa shape index (κ2) is 2.71. The van der Waals surface area contributed by atoms with Crippen LogP contribution in [0.2, 0.25) is 0 Å². The van der Waals surface area contributed by atoms with Gasteiger partial charge in [-0.2, -0.15) is 0 Å². The second-order valence-corrected chi connectivity index (χ2v) is 3.62. The number of rotatable bonds is 1. The van der Waals surface area contributed by atoms with Crippen molar-refractivity contribution in [3.05, 3.63) is 0 Å². The van der Waals surface area contributed by atoms with Crippen LogP contribution < -0.4 is 5.73 Å². The molecule has 0 saturated carbocycles. The fourth-order valence-corrected chi connectivity index (χ4v) is 1.93. The number of carbonyl (C=O) groups is 1. The summed E-state index contributed by atoms with van der Waals surface area (Å²) in [4.78, 5) is 13.3. The lowest BCUT2D eigenvalue weighted by molar-refractivity contribution is -0.136. The number of amides is 1. The lowest BCUT2D eigenvalue weighted by Gasteiger charge is -2.28. The van der Waals surface area contributed by atoms with Crippen molar-refractivity contribution in [3.63, 3.8) is 0 Å². The molecule has 68 valence electrons. The van der Waals surface area contributed by atoms with E-state index in [1.54, 1.807) is 6.92 Å². The first-order valence-corrected chi connectivity index (χ1v) is 4.36. The van der Waals surface area contributed by atoms with Gasteiger partial charge in [0, 0.05) is 6.54 Å². The Labute approximate surface area is 71.7 Å². The Kier molecular flexibility index (Phi) is 1.81. The molecule has 0 radical (unpaired) electrons. The number of hydrogen-bond donors (Lipinski definition) is 1. The van der Waals surface area contributed by atoms with Gasteiger partial charge in [-0.3, -0.25) is 4.79 Å². The quantitative estimate of drug-likeness (QED) is 0.568. The third-order valence-corrected chi connectivity index (χ3v) is 2.57. The SMILES string of the molecule is C[C@H](N)C(=O)N1C[C@H]2C[C@@H]1CO2. The van der Waals surface area contributed by atoms with Crippen LogP contribution in [0.15, 0.2) is 0 Å². The molecule has 0 aromatic rings. The van der Waals surface area contributed by atoms with Gasteiger partial charge in [0.05, 0.1) is 24.8 Å². The summed E-state index contributed by atoms with van der Waals surface area (Å²) in [6.07, 6.45) is 1.27. The maximum Gasteiger partial charge on any atom is 0.239 e. The van der Waals surface area contributed by atoms with Crippen LogP contribution in [0.4, 0.5) is 0 Å². The fraction of sp³-hybridized carbons (Fsp3) is 0.875. The molecule has 2 aliphatic heterocycles. The van der Waals surface area contributed by atoms with Gasteiger partial charge < -0.3 is 15.4 Å². The van der Waals surface area contributed by atoms with Crippen molar-refractivity contribution in [2.24, 2.45) is 5.73 Å². The van der Waals surface area contributed by atoms with E-state index >= 15 is 0 Å². The summed E-state index contributed by atoms with van der Waals surface area (Å²) in [6, 6.07) is -0.0714. The molecular weight excluding hydrogens is 156 g/mol. The molecule has 2 rings (SSSR count). The number of fused-ring (bicyclic) bond motifs is 2. The predicted molar refractivity (Wildman–Crippen MR) is 43.5 cm³/mol. The number of carbonyl (C=O) groups excluding carboxylic acids is 1. The van der Waals surface area contributed by atoms with Crippen molar-refractivity contribution in [2.45, 2.75) is 31.5 Å². The highest BCUT2D eigenvalue weighted by Crippen LogP contribution is 2.27. The number of nitrogens with two attached hydrogens (primary N) is 1. The van der Waals surface area contributed by atoms with Crippen LogP contribution in [-0.2, 0) is 9.53 Å². The largest absolute Gasteiger partial charge is 0.374 e. The Morgan fingerprint density at radius 3 is 2.92 bits per heavy atom. The molecule has 2 bridgehead atoms. The average molecular weight is 170 g/mol. The maximum absolute atomic E-state index is 11.5. The van der Waals surface area contributed by atoms with Crippen molar-refractivity contribution in [2.75, 3.05) is 13.2 Å². The Hall–Kier alpha value is -0.610. The summed E-state index contributed by atoms with van der Waals surface area (Å²) in [6.45, 7) is 3.17. The lowest BCUT2D eigenvalue weighted by atomic mass is 10.2. The molecule has 0 aliphatic carbocycles. The standard InChI is InChI=1S/C8H14N2O2/c1-5(9)8(11)10-3-7-2-6(10)4-12-7/h5-7H,2-4,9H2,1H3/t5-,6+,7+/m0/s1. The third kappa shape index (κ3) is 1.11. The minimum Gasteiger partial charge on any atom is -0.374 e. The van der Waals surface area contributed by atoms with Crippen LogP contribution in [0.25, 0.3) is 0 Å². The molecular formula is C8H14N2O2. The smallest absolute Gasteiger partial charge is 0.239 e. The molecule has 1 amide bonds. The molecule has 3 atom stereocenters. The molecule has 2 aliphatic rings. The first-order chi connectivity index (χ1) is 5.68. The Morgan fingerprint density at radius 2 is 2.50 bits per heavy atom. The number of likely N-dealkylation sites (tertiary alicyclic amines) is 1. The Balaban J connectivity index is 2.02. The Morgan fingerprint density at radius 1 is 1.75 bits per heavy atom. The van der Waals surface area contributed by atoms with E-state index in [4.69, 9.17) is 10.5 Å². The van der Waals surface area contributed by atoms with Gasteiger partial charge in [0.15, 0.2) is 0 Å². The topological polar surface area (TPSA) is 55.6 Å². The minimum absolute atomic E-state index is 0.0609. The zero-order chi connectivity index (χ0) is 8.72. The molecule has 0 aromatic carbocycles. The van der Waals surface area contributed by atoms with Crippen LogP contribution in [0.5, 0.6) is 0 Å². The van der Waals surface area contributed by atoms with E-state index in [-0.39, 0.29) is 18.1 Å². The summed E-state index contributed by atoms with van der Waals surface area (Å²) in [5.74, 6) is 0.0609. The molecule has 2 fully saturated rings. The summed E-state index contributed by atoms with van der Waals surface area (Å²) < 4.78 is 5.38. The van der Waals surface area contributed by atoms with E-state index in [1.165, 1.54) is 0 Å². The third-order valence-electron chi connectivity index (χ3n) is 2.57. The van der Waals surface area contributed by atoms with Crippen LogP contribution in [0, 0.1) is 0 Å². The molecule has 0 spiro atoms. The van der Waals surface area contributed by atoms with Crippen molar-refractivity contribution in [1.82, 2.24) is 4.90 Å². The Bertz CT molecular complexity index is 205. The summed E-state index contributed by atoms with van der Waals surface area (Å²) in [7, 11) is 0. The normalized spacial score (nSPS) is 35.7. The van der Waals surface area contributed by atoms with Crippen molar-refractivity contribution >= 4 is 5.91 Å². The summed E-state index contributed by atoms with van der Waals surface area (Å²) >= 11 is 0. The van der Waals surface area contributed by atoms with Gasteiger partial charge in [0.25, 0.3) is 0 Å². The van der Waals surface area contributed by atoms with Crippen molar-refractivity contribution in [1.29, 1.82) is 0 Å². The molecule has 12 heavy (non-hydrogen) atoms. The number of ether oxygens (including phenoxy) is 1. The van der Waals surface area contributed by atoms with Crippen LogP contribution >= 0.6 is 0 Å². The highest BCUT2D eigenvalue weighted by atomic mass is 16.5. The number of morpholine rings is 1. The predicted octanol–water partition coefficient (Wildman–Crippen LogP) is -0.667. The maximum atomic E-state index is 11.5. The van der Waals surface area contributed by atoms with Crippen molar-refractivity contribution < 1.29 is 9.53 Å². The minimum atomic E-state index is -0.371. The van der Waals surface area contributed by atoms with Gasteiger partial charge in [0.1, 0.15) is 0 Å². The van der Waals surface area contributed by atoms with E-state index in [9.17, 15) is 4.79 Å². The van der Waals surface area contributed by atoms with Gasteiger partial charge >= 0.3 is 0 Å². The van der Waals surface area contributed by atoms with Crippen LogP contribution in [0.3, 0.4) is 0 Å². The molecule has 4 heteroatoms. The van der Waals surface area contributed by atoms with Crippen molar-refractivity contribution in [3.8, 4) is 0 Å². The molecule has 4 nitrogen and oxygen atoms in total. The van der Waals surface area contributed by atoms with E-state index in [2.05, 4.69) is 0 Å². The number of hydrogen-bond acceptors (Lipinski definition) is 3. The van der Waals surface area contributed by atoms with E-state index < -0.39 is 0 Å². The zero-order valence-corrected chi connectivity index (χ0v) is 7.19. The van der Waals surface area contributed by atoms with E-state index in [1.807, 2.05) is 4.90 Å². The zero-order valence-electron chi connectivity index (χ0n) is 7.19. The average Bonchev–Trinajstić information content (AvgIpc) is 2.62. The molecule has 2 heterocycles. The monoisotopic (exact) mass is 170 g/mol. The molecule has 2 saturated heterocycles. The fourth-order valence-electron chi connectivity index (χ4n) is 1.93. The first kappa shape index (κ1) is 8.01. The highest BCUT2D eigenvalue weighted by Gasteiger charge is 2.41.